The number of halogens is 1. The van der Waals surface area contributed by atoms with Gasteiger partial charge in [0.15, 0.2) is 0 Å². The molecule has 0 unspecified atom stereocenters. The fourth-order valence-corrected chi connectivity index (χ4v) is 3.76. The average molecular weight is 386 g/mol. The van der Waals surface area contributed by atoms with Crippen molar-refractivity contribution in [1.82, 2.24) is 20.0 Å². The minimum Gasteiger partial charge on any atom is -0.424 e. The van der Waals surface area contributed by atoms with Crippen molar-refractivity contribution in [2.75, 3.05) is 13.1 Å². The zero-order chi connectivity index (χ0) is 19.7. The predicted molar refractivity (Wildman–Crippen MR) is 102 cm³/mol. The number of hydrogen-bond acceptors (Lipinski definition) is 5. The van der Waals surface area contributed by atoms with E-state index < -0.39 is 0 Å². The molecule has 1 saturated carbocycles. The first kappa shape index (κ1) is 19.1. The molecule has 1 saturated heterocycles. The molecule has 0 radical (unpaired) electrons. The zero-order valence-electron chi connectivity index (χ0n) is 16.5. The number of amides is 1. The lowest BCUT2D eigenvalue weighted by molar-refractivity contribution is -0.134. The summed E-state index contributed by atoms with van der Waals surface area (Å²) in [7, 11) is 0. The first-order valence-electron chi connectivity index (χ1n) is 10.1. The molecule has 1 aromatic carbocycles. The van der Waals surface area contributed by atoms with E-state index in [1.807, 2.05) is 4.90 Å². The van der Waals surface area contributed by atoms with Gasteiger partial charge in [0.1, 0.15) is 5.82 Å². The maximum absolute atomic E-state index is 13.2. The Labute approximate surface area is 164 Å². The van der Waals surface area contributed by atoms with Crippen LogP contribution in [-0.4, -0.2) is 45.0 Å². The van der Waals surface area contributed by atoms with Crippen LogP contribution in [-0.2, 0) is 17.9 Å². The van der Waals surface area contributed by atoms with Crippen molar-refractivity contribution in [2.45, 2.75) is 58.2 Å². The van der Waals surface area contributed by atoms with Crippen LogP contribution in [0.5, 0.6) is 0 Å². The molecule has 1 aliphatic heterocycles. The van der Waals surface area contributed by atoms with E-state index in [4.69, 9.17) is 4.42 Å². The largest absolute Gasteiger partial charge is 0.424 e. The zero-order valence-corrected chi connectivity index (χ0v) is 16.5. The topological polar surface area (TPSA) is 62.5 Å². The van der Waals surface area contributed by atoms with Gasteiger partial charge >= 0.3 is 0 Å². The van der Waals surface area contributed by atoms with Crippen molar-refractivity contribution in [3.63, 3.8) is 0 Å². The first-order valence-corrected chi connectivity index (χ1v) is 10.1. The van der Waals surface area contributed by atoms with Crippen LogP contribution in [0.2, 0.25) is 0 Å². The molecular weight excluding hydrogens is 359 g/mol. The van der Waals surface area contributed by atoms with Crippen LogP contribution in [0.3, 0.4) is 0 Å². The fraction of sp³-hybridized carbons (Fsp3) is 0.571. The molecule has 1 atom stereocenters. The Balaban J connectivity index is 1.47. The van der Waals surface area contributed by atoms with Gasteiger partial charge < -0.3 is 9.32 Å². The number of carbonyl (C=O) groups is 1. The van der Waals surface area contributed by atoms with Crippen molar-refractivity contribution >= 4 is 5.91 Å². The van der Waals surface area contributed by atoms with E-state index in [0.717, 1.165) is 30.8 Å². The highest BCUT2D eigenvalue weighted by atomic mass is 19.1. The highest BCUT2D eigenvalue weighted by Gasteiger charge is 2.33. The van der Waals surface area contributed by atoms with Crippen molar-refractivity contribution < 1.29 is 13.6 Å². The molecular formula is C21H27FN4O2. The SMILES string of the molecule is CC(C)[C@H]1CN(Cc2nnc(C3CC3)o2)CCC(=O)N1Cc1ccc(F)cc1. The monoisotopic (exact) mass is 386 g/mol. The second kappa shape index (κ2) is 7.99. The molecule has 0 spiro atoms. The molecule has 2 aliphatic rings. The molecule has 7 heteroatoms. The Morgan fingerprint density at radius 1 is 1.18 bits per heavy atom. The number of benzene rings is 1. The molecule has 150 valence electrons. The highest BCUT2D eigenvalue weighted by Crippen LogP contribution is 2.39. The van der Waals surface area contributed by atoms with E-state index in [1.165, 1.54) is 12.1 Å². The van der Waals surface area contributed by atoms with Crippen LogP contribution in [0, 0.1) is 11.7 Å². The Bertz CT molecular complexity index is 816. The Morgan fingerprint density at radius 2 is 1.93 bits per heavy atom. The summed E-state index contributed by atoms with van der Waals surface area (Å²) >= 11 is 0. The van der Waals surface area contributed by atoms with Crippen molar-refractivity contribution in [3.05, 3.63) is 47.4 Å². The predicted octanol–water partition coefficient (Wildman–Crippen LogP) is 3.35. The van der Waals surface area contributed by atoms with Gasteiger partial charge in [-0.15, -0.1) is 10.2 Å². The molecule has 6 nitrogen and oxygen atoms in total. The summed E-state index contributed by atoms with van der Waals surface area (Å²) in [5.41, 5.74) is 0.944. The summed E-state index contributed by atoms with van der Waals surface area (Å²) < 4.78 is 19.0. The van der Waals surface area contributed by atoms with Crippen LogP contribution in [0.25, 0.3) is 0 Å². The van der Waals surface area contributed by atoms with Gasteiger partial charge in [0.05, 0.1) is 6.54 Å². The van der Waals surface area contributed by atoms with Crippen LogP contribution in [0.1, 0.15) is 56.4 Å². The molecule has 2 heterocycles. The van der Waals surface area contributed by atoms with Crippen molar-refractivity contribution in [1.29, 1.82) is 0 Å². The Hall–Kier alpha value is -2.28. The molecule has 2 fully saturated rings. The number of rotatable bonds is 6. The lowest BCUT2D eigenvalue weighted by Crippen LogP contribution is -2.45. The average Bonchev–Trinajstić information content (AvgIpc) is 3.44. The van der Waals surface area contributed by atoms with Crippen LogP contribution in [0.4, 0.5) is 4.39 Å². The van der Waals surface area contributed by atoms with E-state index in [0.29, 0.717) is 43.8 Å². The summed E-state index contributed by atoms with van der Waals surface area (Å²) in [6.45, 7) is 6.77. The van der Waals surface area contributed by atoms with Gasteiger partial charge in [-0.3, -0.25) is 9.69 Å². The lowest BCUT2D eigenvalue weighted by atomic mass is 10.0. The smallest absolute Gasteiger partial charge is 0.230 e. The quantitative estimate of drug-likeness (QED) is 0.762. The van der Waals surface area contributed by atoms with Gasteiger partial charge in [-0.2, -0.15) is 0 Å². The molecule has 28 heavy (non-hydrogen) atoms. The van der Waals surface area contributed by atoms with Gasteiger partial charge in [-0.1, -0.05) is 26.0 Å². The number of nitrogens with zero attached hydrogens (tertiary/aromatic N) is 4. The Morgan fingerprint density at radius 3 is 2.61 bits per heavy atom. The van der Waals surface area contributed by atoms with Gasteiger partial charge in [-0.25, -0.2) is 4.39 Å². The summed E-state index contributed by atoms with van der Waals surface area (Å²) in [6.07, 6.45) is 2.72. The van der Waals surface area contributed by atoms with Crippen molar-refractivity contribution in [2.24, 2.45) is 5.92 Å². The van der Waals surface area contributed by atoms with Crippen LogP contribution < -0.4 is 0 Å². The second-order valence-electron chi connectivity index (χ2n) is 8.25. The highest BCUT2D eigenvalue weighted by molar-refractivity contribution is 5.77. The maximum Gasteiger partial charge on any atom is 0.230 e. The second-order valence-corrected chi connectivity index (χ2v) is 8.25. The Kier molecular flexibility index (Phi) is 5.44. The van der Waals surface area contributed by atoms with E-state index in [1.54, 1.807) is 12.1 Å². The standard InChI is InChI=1S/C21H27FN4O2/c1-14(2)18-12-25(13-19-23-24-21(28-19)16-5-6-16)10-9-20(27)26(18)11-15-3-7-17(22)8-4-15/h3-4,7-8,14,16,18H,5-6,9-13H2,1-2H3/t18-/m1/s1. The first-order chi connectivity index (χ1) is 13.5. The third-order valence-electron chi connectivity index (χ3n) is 5.61. The minimum absolute atomic E-state index is 0.0749. The molecule has 2 aromatic rings. The minimum atomic E-state index is -0.261. The molecule has 0 bridgehead atoms. The molecule has 1 amide bonds. The molecule has 1 aromatic heterocycles. The summed E-state index contributed by atoms with van der Waals surface area (Å²) in [5.74, 6) is 2.00. The summed E-state index contributed by atoms with van der Waals surface area (Å²) in [4.78, 5) is 17.1. The van der Waals surface area contributed by atoms with E-state index in [2.05, 4.69) is 28.9 Å². The van der Waals surface area contributed by atoms with Gasteiger partial charge in [0.2, 0.25) is 17.7 Å². The third kappa shape index (κ3) is 4.41. The number of hydrogen-bond donors (Lipinski definition) is 0. The van der Waals surface area contributed by atoms with E-state index >= 15 is 0 Å². The van der Waals surface area contributed by atoms with Crippen molar-refractivity contribution in [3.8, 4) is 0 Å². The van der Waals surface area contributed by atoms with Gasteiger partial charge in [0, 0.05) is 38.0 Å². The maximum atomic E-state index is 13.2. The third-order valence-corrected chi connectivity index (χ3v) is 5.61. The number of carbonyl (C=O) groups excluding carboxylic acids is 1. The summed E-state index contributed by atoms with van der Waals surface area (Å²) in [5, 5.41) is 8.36. The van der Waals surface area contributed by atoms with Crippen LogP contribution >= 0.6 is 0 Å². The van der Waals surface area contributed by atoms with Gasteiger partial charge in [-0.05, 0) is 36.5 Å². The number of aromatic nitrogens is 2. The lowest BCUT2D eigenvalue weighted by Gasteiger charge is -2.34. The molecule has 1 aliphatic carbocycles. The van der Waals surface area contributed by atoms with E-state index in [-0.39, 0.29) is 17.8 Å². The van der Waals surface area contributed by atoms with Crippen LogP contribution in [0.15, 0.2) is 28.7 Å². The summed E-state index contributed by atoms with van der Waals surface area (Å²) in [6, 6.07) is 6.47. The molecule has 0 N–H and O–H groups in total. The van der Waals surface area contributed by atoms with E-state index in [9.17, 15) is 9.18 Å². The van der Waals surface area contributed by atoms with Gasteiger partial charge in [0.25, 0.3) is 0 Å². The fourth-order valence-electron chi connectivity index (χ4n) is 3.76. The molecule has 4 rings (SSSR count). The normalized spacial score (nSPS) is 21.4.